The molecule has 3 aromatic rings. The second-order valence-electron chi connectivity index (χ2n) is 7.47. The highest BCUT2D eigenvalue weighted by molar-refractivity contribution is 5.80. The molecule has 0 N–H and O–H groups in total. The van der Waals surface area contributed by atoms with Gasteiger partial charge >= 0.3 is 0 Å². The number of fused-ring (bicyclic) bond motifs is 1. The van der Waals surface area contributed by atoms with Crippen molar-refractivity contribution in [3.8, 4) is 5.75 Å². The van der Waals surface area contributed by atoms with Crippen molar-refractivity contribution in [2.75, 3.05) is 7.11 Å². The van der Waals surface area contributed by atoms with Crippen LogP contribution in [0, 0.1) is 11.6 Å². The number of halogens is 2. The van der Waals surface area contributed by atoms with Crippen LogP contribution in [0.4, 0.5) is 8.78 Å². The molecule has 0 saturated carbocycles. The molecule has 8 heteroatoms. The first-order chi connectivity index (χ1) is 14.9. The molecule has 1 unspecified atom stereocenters. The van der Waals surface area contributed by atoms with Crippen LogP contribution in [0.1, 0.15) is 30.9 Å². The second kappa shape index (κ2) is 8.67. The lowest BCUT2D eigenvalue weighted by Crippen LogP contribution is -2.27. The number of nitrogens with zero attached hydrogens (tertiary/aromatic N) is 4. The number of aromatic nitrogens is 2. The zero-order valence-electron chi connectivity index (χ0n) is 17.1. The van der Waals surface area contributed by atoms with E-state index in [0.717, 1.165) is 28.4 Å². The average molecular weight is 424 g/mol. The fraction of sp³-hybridized carbons (Fsp3) is 0.261. The number of hydrogen-bond acceptors (Lipinski definition) is 4. The Labute approximate surface area is 178 Å². The molecule has 6 nitrogen and oxygen atoms in total. The number of carbonyl (C=O) groups excluding carboxylic acids is 1. The molecule has 0 radical (unpaired) electrons. The van der Waals surface area contributed by atoms with Crippen molar-refractivity contribution in [3.05, 3.63) is 72.1 Å². The highest BCUT2D eigenvalue weighted by Gasteiger charge is 2.28. The van der Waals surface area contributed by atoms with E-state index in [9.17, 15) is 13.6 Å². The molecule has 2 heterocycles. The maximum absolute atomic E-state index is 13.6. The lowest BCUT2D eigenvalue weighted by atomic mass is 10.0. The summed E-state index contributed by atoms with van der Waals surface area (Å²) in [6.45, 7) is 4.60. The quantitative estimate of drug-likeness (QED) is 0.520. The maximum atomic E-state index is 13.6. The number of benzene rings is 2. The summed E-state index contributed by atoms with van der Waals surface area (Å²) in [6, 6.07) is 8.42. The van der Waals surface area contributed by atoms with E-state index in [-0.39, 0.29) is 12.3 Å². The zero-order valence-corrected chi connectivity index (χ0v) is 17.1. The van der Waals surface area contributed by atoms with Crippen molar-refractivity contribution >= 4 is 23.2 Å². The van der Waals surface area contributed by atoms with Gasteiger partial charge in [-0.2, -0.15) is 5.10 Å². The van der Waals surface area contributed by atoms with Gasteiger partial charge in [-0.1, -0.05) is 12.2 Å². The van der Waals surface area contributed by atoms with Gasteiger partial charge in [0.15, 0.2) is 0 Å². The molecule has 1 aromatic heterocycles. The van der Waals surface area contributed by atoms with E-state index in [0.29, 0.717) is 24.9 Å². The highest BCUT2D eigenvalue weighted by Crippen LogP contribution is 2.30. The molecule has 1 aliphatic heterocycles. The van der Waals surface area contributed by atoms with Gasteiger partial charge in [0.25, 0.3) is 0 Å². The summed E-state index contributed by atoms with van der Waals surface area (Å²) >= 11 is 0. The van der Waals surface area contributed by atoms with Crippen LogP contribution in [-0.2, 0) is 11.3 Å². The van der Waals surface area contributed by atoms with Crippen molar-refractivity contribution in [1.82, 2.24) is 14.6 Å². The van der Waals surface area contributed by atoms with E-state index < -0.39 is 17.7 Å². The molecule has 0 spiro atoms. The number of carbonyl (C=O) groups is 1. The van der Waals surface area contributed by atoms with E-state index in [1.54, 1.807) is 19.7 Å². The van der Waals surface area contributed by atoms with E-state index in [1.807, 2.05) is 22.8 Å². The number of hydrazone groups is 1. The molecule has 1 atom stereocenters. The molecule has 0 saturated heterocycles. The summed E-state index contributed by atoms with van der Waals surface area (Å²) in [4.78, 5) is 17.1. The first-order valence-corrected chi connectivity index (χ1v) is 9.90. The van der Waals surface area contributed by atoms with Gasteiger partial charge in [-0.3, -0.25) is 4.79 Å². The Morgan fingerprint density at radius 3 is 2.71 bits per heavy atom. The van der Waals surface area contributed by atoms with Gasteiger partial charge in [-0.05, 0) is 36.2 Å². The summed E-state index contributed by atoms with van der Waals surface area (Å²) in [6.07, 6.45) is 4.39. The molecule has 0 fully saturated rings. The van der Waals surface area contributed by atoms with Crippen LogP contribution in [0.3, 0.4) is 0 Å². The minimum absolute atomic E-state index is 0.195. The van der Waals surface area contributed by atoms with E-state index >= 15 is 0 Å². The Balaban J connectivity index is 1.39. The molecule has 1 amide bonds. The topological polar surface area (TPSA) is 59.7 Å². The van der Waals surface area contributed by atoms with Crippen LogP contribution in [0.2, 0.25) is 0 Å². The summed E-state index contributed by atoms with van der Waals surface area (Å²) in [5.74, 6) is -0.831. The first-order valence-electron chi connectivity index (χ1n) is 9.90. The van der Waals surface area contributed by atoms with Crippen molar-refractivity contribution < 1.29 is 18.3 Å². The van der Waals surface area contributed by atoms with Gasteiger partial charge < -0.3 is 9.30 Å². The van der Waals surface area contributed by atoms with Gasteiger partial charge in [-0.15, -0.1) is 0 Å². The predicted molar refractivity (Wildman–Crippen MR) is 114 cm³/mol. The minimum atomic E-state index is -0.674. The summed E-state index contributed by atoms with van der Waals surface area (Å²) < 4.78 is 34.4. The van der Waals surface area contributed by atoms with Gasteiger partial charge in [-0.25, -0.2) is 18.8 Å². The Hall–Kier alpha value is -3.55. The average Bonchev–Trinajstić information content (AvgIpc) is 3.38. The number of imidazole rings is 1. The van der Waals surface area contributed by atoms with Gasteiger partial charge in [0, 0.05) is 37.7 Å². The van der Waals surface area contributed by atoms with Gasteiger partial charge in [0.05, 0.1) is 30.5 Å². The fourth-order valence-electron chi connectivity index (χ4n) is 3.71. The van der Waals surface area contributed by atoms with Crippen LogP contribution in [0.5, 0.6) is 5.75 Å². The molecule has 1 aliphatic rings. The Bertz CT molecular complexity index is 1150. The smallest absolute Gasteiger partial charge is 0.243 e. The second-order valence-corrected chi connectivity index (χ2v) is 7.47. The lowest BCUT2D eigenvalue weighted by Gasteiger charge is -2.22. The third-order valence-electron chi connectivity index (χ3n) is 5.27. The molecule has 0 aliphatic carbocycles. The largest absolute Gasteiger partial charge is 0.497 e. The van der Waals surface area contributed by atoms with Crippen LogP contribution < -0.4 is 4.74 Å². The van der Waals surface area contributed by atoms with E-state index in [1.165, 1.54) is 17.1 Å². The molecule has 2 aromatic carbocycles. The number of allylic oxidation sites excluding steroid dienone is 1. The Morgan fingerprint density at radius 1 is 1.19 bits per heavy atom. The van der Waals surface area contributed by atoms with Crippen molar-refractivity contribution in [1.29, 1.82) is 0 Å². The van der Waals surface area contributed by atoms with Crippen LogP contribution in [0.25, 0.3) is 11.0 Å². The number of rotatable bonds is 7. The maximum Gasteiger partial charge on any atom is 0.243 e. The third-order valence-corrected chi connectivity index (χ3v) is 5.27. The zero-order chi connectivity index (χ0) is 22.0. The summed E-state index contributed by atoms with van der Waals surface area (Å²) in [7, 11) is 1.61. The van der Waals surface area contributed by atoms with E-state index in [2.05, 4.69) is 16.7 Å². The molecule has 31 heavy (non-hydrogen) atoms. The fourth-order valence-corrected chi connectivity index (χ4v) is 3.71. The highest BCUT2D eigenvalue weighted by atomic mass is 19.1. The minimum Gasteiger partial charge on any atom is -0.497 e. The van der Waals surface area contributed by atoms with Crippen LogP contribution in [0.15, 0.2) is 60.0 Å². The standard InChI is InChI=1S/C23H22F2N4O2/c1-15(13-28-14-26-20-5-4-19(31-2)12-22(20)28)3-6-23(30)29-21(7-8-27-29)16-9-17(24)11-18(25)10-16/h4-5,8-12,14,21H,1,3,6-7,13H2,2H3. The van der Waals surface area contributed by atoms with E-state index in [4.69, 9.17) is 4.74 Å². The number of hydrogen-bond donors (Lipinski definition) is 0. The molecule has 0 bridgehead atoms. The summed E-state index contributed by atoms with van der Waals surface area (Å²) in [5.41, 5.74) is 3.01. The normalized spacial score (nSPS) is 15.6. The first kappa shape index (κ1) is 20.7. The SMILES string of the molecule is C=C(CCC(=O)N1N=CCC1c1cc(F)cc(F)c1)Cn1cnc2ccc(OC)cc21. The Kier molecular flexibility index (Phi) is 5.79. The number of methoxy groups -OCH3 is 1. The van der Waals surface area contributed by atoms with Crippen molar-refractivity contribution in [2.24, 2.45) is 5.10 Å². The predicted octanol–water partition coefficient (Wildman–Crippen LogP) is 4.62. The monoisotopic (exact) mass is 424 g/mol. The van der Waals surface area contributed by atoms with Crippen LogP contribution >= 0.6 is 0 Å². The van der Waals surface area contributed by atoms with Crippen molar-refractivity contribution in [2.45, 2.75) is 31.8 Å². The number of amides is 1. The van der Waals surface area contributed by atoms with Gasteiger partial charge in [0.1, 0.15) is 17.4 Å². The van der Waals surface area contributed by atoms with Crippen molar-refractivity contribution in [3.63, 3.8) is 0 Å². The summed E-state index contributed by atoms with van der Waals surface area (Å²) in [5, 5.41) is 5.43. The molecular formula is C23H22F2N4O2. The number of ether oxygens (including phenoxy) is 1. The Morgan fingerprint density at radius 2 is 1.97 bits per heavy atom. The van der Waals surface area contributed by atoms with Gasteiger partial charge in [0.2, 0.25) is 5.91 Å². The molecular weight excluding hydrogens is 402 g/mol. The lowest BCUT2D eigenvalue weighted by molar-refractivity contribution is -0.133. The molecule has 160 valence electrons. The van der Waals surface area contributed by atoms with Crippen LogP contribution in [-0.4, -0.2) is 33.8 Å². The third kappa shape index (κ3) is 4.47. The molecule has 4 rings (SSSR count).